The van der Waals surface area contributed by atoms with Gasteiger partial charge in [-0.15, -0.1) is 0 Å². The van der Waals surface area contributed by atoms with Crippen molar-refractivity contribution in [2.24, 2.45) is 0 Å². The molecule has 0 radical (unpaired) electrons. The number of hydrogen-bond acceptors (Lipinski definition) is 4. The monoisotopic (exact) mass is 396 g/mol. The Labute approximate surface area is 76.3 Å². The number of hydrogen-bond donors (Lipinski definition) is 0. The molecule has 0 atom stereocenters. The molecule has 0 N–H and O–H groups in total. The first kappa shape index (κ1) is 10.4. The van der Waals surface area contributed by atoms with Crippen LogP contribution in [0.1, 0.15) is 0 Å². The fourth-order valence-corrected chi connectivity index (χ4v) is 0. The van der Waals surface area contributed by atoms with Crippen molar-refractivity contribution in [1.82, 2.24) is 0 Å². The van der Waals surface area contributed by atoms with Crippen LogP contribution in [-0.2, 0) is 29.0 Å². The molecule has 0 saturated carbocycles. The van der Waals surface area contributed by atoms with Crippen LogP contribution < -0.4 is 0 Å². The predicted molar refractivity (Wildman–Crippen MR) is 11.3 cm³/mol. The minimum atomic E-state index is -6.06. The maximum atomic E-state index is 8.63. The Morgan fingerprint density at radius 2 is 0.833 bits per heavy atom. The zero-order valence-corrected chi connectivity index (χ0v) is 4.53. The van der Waals surface area contributed by atoms with Gasteiger partial charge in [-0.3, -0.25) is 0 Å². The topological polar surface area (TPSA) is 68.3 Å². The van der Waals surface area contributed by atoms with Crippen LogP contribution in [0.15, 0.2) is 0 Å². The van der Waals surface area contributed by atoms with Gasteiger partial charge in [-0.1, -0.05) is 0 Å². The molecule has 0 aromatic heterocycles. The molecule has 0 spiro atoms. The van der Waals surface area contributed by atoms with Crippen LogP contribution in [-0.4, -0.2) is 48.9 Å². The zero-order valence-electron chi connectivity index (χ0n) is 1.99. The minimum absolute atomic E-state index is 0. The Kier molecular flexibility index (Phi) is 5.92. The van der Waals surface area contributed by atoms with Crippen LogP contribution in [0.5, 0.6) is 0 Å². The molecule has 0 aromatic rings. The summed E-state index contributed by atoms with van der Waals surface area (Å²) in [6.07, 6.45) is 0. The third kappa shape index (κ3) is 53.0. The van der Waals surface area contributed by atoms with Crippen LogP contribution >= 0.6 is 0 Å². The van der Waals surface area contributed by atoms with Crippen molar-refractivity contribution in [3.63, 3.8) is 0 Å². The Hall–Kier alpha value is 1.41. The molecule has 0 aliphatic rings. The van der Waals surface area contributed by atoms with Gasteiger partial charge in [-0.2, -0.15) is 0 Å². The molecule has 6 heteroatoms. The molecule has 0 aromatic carbocycles. The molecule has 0 aliphatic heterocycles. The van der Waals surface area contributed by atoms with Gasteiger partial charge in [-0.25, -0.2) is 0 Å². The zero-order chi connectivity index (χ0) is 4.50. The predicted octanol–water partition coefficient (Wildman–Crippen LogP) is -1.39. The molecule has 0 aliphatic carbocycles. The van der Waals surface area contributed by atoms with E-state index in [0.29, 0.717) is 0 Å². The van der Waals surface area contributed by atoms with Gasteiger partial charge in [0.05, 0.1) is 0 Å². The van der Waals surface area contributed by atoms with Gasteiger partial charge >= 0.3 is 77.9 Å². The fraction of sp³-hybridized carbons (Fsp3) is 0. The van der Waals surface area contributed by atoms with E-state index >= 15 is 0 Å². The maximum absolute atomic E-state index is 8.63. The Morgan fingerprint density at radius 3 is 0.833 bits per heavy atom. The van der Waals surface area contributed by atoms with Gasteiger partial charge in [0, 0.05) is 0 Å². The van der Waals surface area contributed by atoms with E-state index in [4.69, 9.17) is 14.2 Å². The molecule has 0 unspecified atom stereocenters. The molecular weight excluding hydrogens is 392 g/mol. The standard InChI is InChI=1S/Ba.4O.Os.2H. The average molecular weight is 394 g/mol. The normalized spacial score (nSPS) is 9.33. The van der Waals surface area contributed by atoms with Gasteiger partial charge in [-0.05, 0) is 0 Å². The summed E-state index contributed by atoms with van der Waals surface area (Å²) in [5.41, 5.74) is 0. The van der Waals surface area contributed by atoms with Crippen molar-refractivity contribution in [1.29, 1.82) is 0 Å². The van der Waals surface area contributed by atoms with Gasteiger partial charge in [0.15, 0.2) is 0 Å². The van der Waals surface area contributed by atoms with Crippen molar-refractivity contribution >= 4 is 48.9 Å². The van der Waals surface area contributed by atoms with Crippen molar-refractivity contribution in [3.8, 4) is 0 Å². The third-order valence-corrected chi connectivity index (χ3v) is 0. The summed E-state index contributed by atoms with van der Waals surface area (Å²) in [5, 5.41) is 0. The second-order valence-corrected chi connectivity index (χ2v) is 2.89. The van der Waals surface area contributed by atoms with Gasteiger partial charge in [0.1, 0.15) is 0 Å². The van der Waals surface area contributed by atoms with E-state index in [2.05, 4.69) is 0 Å². The van der Waals surface area contributed by atoms with Crippen molar-refractivity contribution < 1.29 is 29.0 Å². The molecule has 36 valence electrons. The summed E-state index contributed by atoms with van der Waals surface area (Å²) in [5.74, 6) is 0. The summed E-state index contributed by atoms with van der Waals surface area (Å²) in [6, 6.07) is 0. The van der Waals surface area contributed by atoms with E-state index < -0.39 is 14.8 Å². The van der Waals surface area contributed by atoms with Crippen molar-refractivity contribution in [2.45, 2.75) is 0 Å². The average Bonchev–Trinajstić information content (AvgIpc) is 0.722. The summed E-state index contributed by atoms with van der Waals surface area (Å²) >= 11 is -6.06. The van der Waals surface area contributed by atoms with Crippen LogP contribution in [0.25, 0.3) is 0 Å². The molecular formula is H2BaO4Os. The summed E-state index contributed by atoms with van der Waals surface area (Å²) < 4.78 is 34.5. The van der Waals surface area contributed by atoms with Gasteiger partial charge < -0.3 is 0 Å². The summed E-state index contributed by atoms with van der Waals surface area (Å²) in [7, 11) is 0. The van der Waals surface area contributed by atoms with E-state index in [9.17, 15) is 0 Å². The third-order valence-electron chi connectivity index (χ3n) is 0. The summed E-state index contributed by atoms with van der Waals surface area (Å²) in [6.45, 7) is 0. The van der Waals surface area contributed by atoms with Crippen LogP contribution in [0.2, 0.25) is 0 Å². The first-order valence-corrected chi connectivity index (χ1v) is 4.73. The first-order chi connectivity index (χ1) is 2.00. The van der Waals surface area contributed by atoms with Crippen LogP contribution in [0.3, 0.4) is 0 Å². The van der Waals surface area contributed by atoms with E-state index in [1.54, 1.807) is 0 Å². The first-order valence-electron chi connectivity index (χ1n) is 0.577. The van der Waals surface area contributed by atoms with Crippen molar-refractivity contribution in [3.05, 3.63) is 0 Å². The Bertz CT molecular complexity index is 159. The van der Waals surface area contributed by atoms with E-state index in [1.807, 2.05) is 0 Å². The number of rotatable bonds is 0. The second-order valence-electron chi connectivity index (χ2n) is 0.354. The van der Waals surface area contributed by atoms with E-state index in [0.717, 1.165) is 0 Å². The molecule has 6 heavy (non-hydrogen) atoms. The van der Waals surface area contributed by atoms with E-state index in [-0.39, 0.29) is 48.9 Å². The molecule has 0 fully saturated rings. The molecule has 0 amide bonds. The van der Waals surface area contributed by atoms with Gasteiger partial charge in [0.25, 0.3) is 0 Å². The Morgan fingerprint density at radius 1 is 0.833 bits per heavy atom. The molecule has 0 heterocycles. The Balaban J connectivity index is 0. The molecule has 4 nitrogen and oxygen atoms in total. The second kappa shape index (κ2) is 3.41. The van der Waals surface area contributed by atoms with Crippen LogP contribution in [0.4, 0.5) is 0 Å². The summed E-state index contributed by atoms with van der Waals surface area (Å²) in [4.78, 5) is 0. The van der Waals surface area contributed by atoms with Crippen molar-refractivity contribution in [2.75, 3.05) is 0 Å². The molecule has 0 saturated heterocycles. The molecule has 0 bridgehead atoms. The SMILES string of the molecule is [BaH2].[O]=[Os](=[O])(=[O])=[O]. The van der Waals surface area contributed by atoms with Gasteiger partial charge in [0.2, 0.25) is 0 Å². The molecule has 0 rings (SSSR count). The fourth-order valence-electron chi connectivity index (χ4n) is 0. The quantitative estimate of drug-likeness (QED) is 0.475. The van der Waals surface area contributed by atoms with E-state index in [1.165, 1.54) is 0 Å². The van der Waals surface area contributed by atoms with Crippen LogP contribution in [0, 0.1) is 0 Å².